The van der Waals surface area contributed by atoms with Gasteiger partial charge in [0.25, 0.3) is 5.79 Å². The Labute approximate surface area is 126 Å². The first-order valence-electron chi connectivity index (χ1n) is 6.51. The Balaban J connectivity index is 2.10. The number of esters is 3. The topological polar surface area (TPSA) is 91.3 Å². The monoisotopic (exact) mass is 305 g/mol. The van der Waals surface area contributed by atoms with Crippen LogP contribution < -0.4 is 0 Å². The molecule has 22 heavy (non-hydrogen) atoms. The van der Waals surface area contributed by atoms with Gasteiger partial charge < -0.3 is 14.2 Å². The van der Waals surface area contributed by atoms with Gasteiger partial charge >= 0.3 is 17.9 Å². The number of hydrogen-bond acceptors (Lipinski definition) is 7. The Morgan fingerprint density at radius 2 is 1.73 bits per heavy atom. The average molecular weight is 305 g/mol. The number of methoxy groups -OCH3 is 1. The molecule has 0 radical (unpaired) electrons. The Kier molecular flexibility index (Phi) is 4.25. The molecule has 0 bridgehead atoms. The maximum absolute atomic E-state index is 11.7. The van der Waals surface area contributed by atoms with Crippen LogP contribution in [-0.4, -0.2) is 37.0 Å². The van der Waals surface area contributed by atoms with E-state index >= 15 is 0 Å². The van der Waals surface area contributed by atoms with E-state index in [0.717, 1.165) is 6.21 Å². The number of ether oxygens (including phenoxy) is 3. The number of benzene rings is 1. The van der Waals surface area contributed by atoms with Crippen molar-refractivity contribution < 1.29 is 28.6 Å². The summed E-state index contributed by atoms with van der Waals surface area (Å²) in [5, 5.41) is 0. The van der Waals surface area contributed by atoms with Crippen molar-refractivity contribution in [1.82, 2.24) is 0 Å². The number of hydrogen-bond donors (Lipinski definition) is 0. The van der Waals surface area contributed by atoms with Crippen molar-refractivity contribution in [2.45, 2.75) is 19.6 Å². The van der Waals surface area contributed by atoms with Gasteiger partial charge in [-0.05, 0) is 24.3 Å². The molecule has 0 aliphatic carbocycles. The molecular formula is C15H15NO6. The second-order valence-electron chi connectivity index (χ2n) is 5.04. The summed E-state index contributed by atoms with van der Waals surface area (Å²) in [4.78, 5) is 38.8. The molecule has 0 spiro atoms. The summed E-state index contributed by atoms with van der Waals surface area (Å²) in [6, 6.07) is 6.18. The molecule has 1 heterocycles. The van der Waals surface area contributed by atoms with Gasteiger partial charge in [0.05, 0.1) is 18.4 Å². The second-order valence-corrected chi connectivity index (χ2v) is 5.04. The summed E-state index contributed by atoms with van der Waals surface area (Å²) in [5.74, 6) is -4.35. The van der Waals surface area contributed by atoms with Crippen LogP contribution in [0.2, 0.25) is 0 Å². The summed E-state index contributed by atoms with van der Waals surface area (Å²) in [6.07, 6.45) is 1.16. The minimum absolute atomic E-state index is 0.375. The summed E-state index contributed by atoms with van der Waals surface area (Å²) in [6.45, 7) is 2.95. The van der Waals surface area contributed by atoms with Gasteiger partial charge in [-0.15, -0.1) is 0 Å². The van der Waals surface area contributed by atoms with Crippen LogP contribution >= 0.6 is 0 Å². The minimum atomic E-state index is -1.26. The van der Waals surface area contributed by atoms with E-state index < -0.39 is 29.6 Å². The molecule has 2 rings (SSSR count). The predicted octanol–water partition coefficient (Wildman–Crippen LogP) is 1.63. The normalized spacial score (nSPS) is 18.0. The summed E-state index contributed by atoms with van der Waals surface area (Å²) >= 11 is 0. The molecule has 1 aromatic rings. The molecule has 116 valence electrons. The van der Waals surface area contributed by atoms with Gasteiger partial charge in [-0.3, -0.25) is 14.6 Å². The third-order valence-electron chi connectivity index (χ3n) is 2.86. The standard InChI is InChI=1S/C15H15NO6/c1-15(2)21-13(18)11(14(19)22-15)8-16-10-6-4-9(5-7-10)12(17)20-3/h4-8,11H,1-3H3. The Morgan fingerprint density at radius 1 is 1.18 bits per heavy atom. The summed E-state index contributed by atoms with van der Waals surface area (Å²) in [5.41, 5.74) is 0.845. The smallest absolute Gasteiger partial charge is 0.337 e. The van der Waals surface area contributed by atoms with E-state index in [2.05, 4.69) is 9.73 Å². The molecule has 1 aliphatic rings. The quantitative estimate of drug-likeness (QED) is 0.479. The van der Waals surface area contributed by atoms with Crippen LogP contribution in [0.1, 0.15) is 24.2 Å². The zero-order chi connectivity index (χ0) is 16.3. The van der Waals surface area contributed by atoms with Gasteiger partial charge in [-0.25, -0.2) is 4.79 Å². The molecular weight excluding hydrogens is 290 g/mol. The van der Waals surface area contributed by atoms with Gasteiger partial charge in [-0.1, -0.05) is 0 Å². The van der Waals surface area contributed by atoms with E-state index in [1.165, 1.54) is 33.1 Å². The van der Waals surface area contributed by atoms with E-state index in [9.17, 15) is 14.4 Å². The maximum atomic E-state index is 11.7. The molecule has 1 fully saturated rings. The van der Waals surface area contributed by atoms with Crippen LogP contribution in [0, 0.1) is 5.92 Å². The molecule has 0 unspecified atom stereocenters. The van der Waals surface area contributed by atoms with Crippen LogP contribution in [0.4, 0.5) is 5.69 Å². The number of carbonyl (C=O) groups excluding carboxylic acids is 3. The maximum Gasteiger partial charge on any atom is 0.337 e. The zero-order valence-electron chi connectivity index (χ0n) is 12.4. The Hall–Kier alpha value is -2.70. The van der Waals surface area contributed by atoms with Crippen LogP contribution in [0.5, 0.6) is 0 Å². The van der Waals surface area contributed by atoms with Crippen molar-refractivity contribution in [1.29, 1.82) is 0 Å². The van der Waals surface area contributed by atoms with Crippen molar-refractivity contribution >= 4 is 29.8 Å². The fourth-order valence-electron chi connectivity index (χ4n) is 1.81. The molecule has 0 aromatic heterocycles. The lowest BCUT2D eigenvalue weighted by molar-refractivity contribution is -0.235. The number of carbonyl (C=O) groups is 3. The van der Waals surface area contributed by atoms with Crippen molar-refractivity contribution in [2.75, 3.05) is 7.11 Å². The first-order valence-corrected chi connectivity index (χ1v) is 6.51. The Bertz CT molecular complexity index is 612. The fraction of sp³-hybridized carbons (Fsp3) is 0.333. The van der Waals surface area contributed by atoms with Crippen molar-refractivity contribution in [3.63, 3.8) is 0 Å². The molecule has 0 saturated carbocycles. The molecule has 0 N–H and O–H groups in total. The van der Waals surface area contributed by atoms with E-state index in [4.69, 9.17) is 9.47 Å². The van der Waals surface area contributed by atoms with Crippen LogP contribution in [0.3, 0.4) is 0 Å². The van der Waals surface area contributed by atoms with E-state index in [0.29, 0.717) is 11.3 Å². The molecule has 7 heteroatoms. The first-order chi connectivity index (χ1) is 10.3. The van der Waals surface area contributed by atoms with Gasteiger partial charge in [0.1, 0.15) is 0 Å². The largest absolute Gasteiger partial charge is 0.465 e. The van der Waals surface area contributed by atoms with Gasteiger partial charge in [0, 0.05) is 20.1 Å². The molecule has 1 aliphatic heterocycles. The lowest BCUT2D eigenvalue weighted by Gasteiger charge is -2.31. The van der Waals surface area contributed by atoms with Gasteiger partial charge in [0.15, 0.2) is 5.92 Å². The fourth-order valence-corrected chi connectivity index (χ4v) is 1.81. The molecule has 0 amide bonds. The number of aliphatic imine (C=N–C) groups is 1. The first kappa shape index (κ1) is 15.7. The van der Waals surface area contributed by atoms with Crippen molar-refractivity contribution in [2.24, 2.45) is 10.9 Å². The van der Waals surface area contributed by atoms with Crippen LogP contribution in [-0.2, 0) is 23.8 Å². The van der Waals surface area contributed by atoms with Gasteiger partial charge in [0.2, 0.25) is 0 Å². The van der Waals surface area contributed by atoms with Crippen molar-refractivity contribution in [3.05, 3.63) is 29.8 Å². The van der Waals surface area contributed by atoms with Crippen LogP contribution in [0.25, 0.3) is 0 Å². The second kappa shape index (κ2) is 5.97. The lowest BCUT2D eigenvalue weighted by atomic mass is 10.1. The van der Waals surface area contributed by atoms with E-state index in [-0.39, 0.29) is 0 Å². The molecule has 7 nitrogen and oxygen atoms in total. The highest BCUT2D eigenvalue weighted by Crippen LogP contribution is 2.23. The predicted molar refractivity (Wildman–Crippen MR) is 75.7 cm³/mol. The SMILES string of the molecule is COC(=O)c1ccc(N=CC2C(=O)OC(C)(C)OC2=O)cc1. The van der Waals surface area contributed by atoms with Crippen molar-refractivity contribution in [3.8, 4) is 0 Å². The third-order valence-corrected chi connectivity index (χ3v) is 2.86. The lowest BCUT2D eigenvalue weighted by Crippen LogP contribution is -2.46. The Morgan fingerprint density at radius 3 is 2.23 bits per heavy atom. The van der Waals surface area contributed by atoms with Crippen LogP contribution in [0.15, 0.2) is 29.3 Å². The molecule has 1 saturated heterocycles. The summed E-state index contributed by atoms with van der Waals surface area (Å²) < 4.78 is 14.5. The summed E-state index contributed by atoms with van der Waals surface area (Å²) in [7, 11) is 1.29. The van der Waals surface area contributed by atoms with Gasteiger partial charge in [-0.2, -0.15) is 0 Å². The third kappa shape index (κ3) is 3.49. The molecule has 0 atom stereocenters. The highest BCUT2D eigenvalue weighted by atomic mass is 16.7. The zero-order valence-corrected chi connectivity index (χ0v) is 12.4. The highest BCUT2D eigenvalue weighted by molar-refractivity contribution is 6.10. The molecule has 1 aromatic carbocycles. The van der Waals surface area contributed by atoms with E-state index in [1.807, 2.05) is 0 Å². The minimum Gasteiger partial charge on any atom is -0.465 e. The average Bonchev–Trinajstić information content (AvgIpc) is 2.45. The number of rotatable bonds is 3. The number of cyclic esters (lactones) is 2. The number of nitrogens with zero attached hydrogens (tertiary/aromatic N) is 1. The highest BCUT2D eigenvalue weighted by Gasteiger charge is 2.42. The van der Waals surface area contributed by atoms with E-state index in [1.54, 1.807) is 12.1 Å².